The number of ketones is 1. The summed E-state index contributed by atoms with van der Waals surface area (Å²) in [5.74, 6) is 0.817. The lowest BCUT2D eigenvalue weighted by atomic mass is 10.1. The molecule has 0 bridgehead atoms. The number of pyridine rings is 1. The predicted octanol–water partition coefficient (Wildman–Crippen LogP) is 4.13. The molecule has 5 rings (SSSR count). The van der Waals surface area contributed by atoms with Crippen molar-refractivity contribution in [2.75, 3.05) is 0 Å². The van der Waals surface area contributed by atoms with Crippen LogP contribution in [-0.4, -0.2) is 30.6 Å². The summed E-state index contributed by atoms with van der Waals surface area (Å²) in [5.41, 5.74) is 5.22. The third-order valence-electron chi connectivity index (χ3n) is 4.94. The van der Waals surface area contributed by atoms with Crippen LogP contribution in [0, 0.1) is 0 Å². The van der Waals surface area contributed by atoms with E-state index >= 15 is 0 Å². The summed E-state index contributed by atoms with van der Waals surface area (Å²) in [6.45, 7) is 1.56. The van der Waals surface area contributed by atoms with Gasteiger partial charge in [-0.05, 0) is 42.8 Å². The van der Waals surface area contributed by atoms with E-state index in [2.05, 4.69) is 33.4 Å². The molecule has 5 aromatic rings. The summed E-state index contributed by atoms with van der Waals surface area (Å²) in [6.07, 6.45) is 2.41. The van der Waals surface area contributed by atoms with Gasteiger partial charge in [0.25, 0.3) is 0 Å². The second kappa shape index (κ2) is 6.91. The molecule has 0 aliphatic rings. The van der Waals surface area contributed by atoms with Gasteiger partial charge in [-0.15, -0.1) is 10.2 Å². The fourth-order valence-corrected chi connectivity index (χ4v) is 3.39. The average Bonchev–Trinajstić information content (AvgIpc) is 3.15. The lowest BCUT2D eigenvalue weighted by Gasteiger charge is -2.05. The summed E-state index contributed by atoms with van der Waals surface area (Å²) in [7, 11) is 0. The number of hydrogen-bond acceptors (Lipinski definition) is 5. The zero-order valence-electron chi connectivity index (χ0n) is 15.8. The van der Waals surface area contributed by atoms with Crippen molar-refractivity contribution in [1.82, 2.24) is 24.8 Å². The summed E-state index contributed by atoms with van der Waals surface area (Å²) in [4.78, 5) is 15.9. The van der Waals surface area contributed by atoms with Crippen molar-refractivity contribution in [2.45, 2.75) is 13.3 Å². The Kier molecular flexibility index (Phi) is 4.09. The predicted molar refractivity (Wildman–Crippen MR) is 111 cm³/mol. The Labute approximate surface area is 166 Å². The first-order valence-electron chi connectivity index (χ1n) is 9.34. The maximum absolute atomic E-state index is 11.5. The molecule has 0 saturated carbocycles. The normalized spacial score (nSPS) is 11.2. The molecule has 0 N–H and O–H groups in total. The molecule has 0 unspecified atom stereocenters. The first-order valence-corrected chi connectivity index (χ1v) is 9.34. The molecule has 0 saturated heterocycles. The van der Waals surface area contributed by atoms with Gasteiger partial charge in [0.1, 0.15) is 0 Å². The van der Waals surface area contributed by atoms with Crippen LogP contribution in [0.5, 0.6) is 0 Å². The van der Waals surface area contributed by atoms with Gasteiger partial charge in [0.2, 0.25) is 0 Å². The highest BCUT2D eigenvalue weighted by atomic mass is 16.1. The number of nitrogens with zero attached hydrogens (tertiary/aromatic N) is 5. The maximum atomic E-state index is 11.5. The number of carbonyl (C=O) groups excluding carboxylic acids is 1. The zero-order chi connectivity index (χ0) is 19.8. The molecule has 0 atom stereocenters. The van der Waals surface area contributed by atoms with Crippen LogP contribution in [0.15, 0.2) is 72.9 Å². The third kappa shape index (κ3) is 3.25. The number of Topliss-reactive ketones (excluding diaryl/α,β-unsaturated/α-hetero) is 1. The molecule has 0 aliphatic heterocycles. The van der Waals surface area contributed by atoms with Crippen molar-refractivity contribution >= 4 is 22.3 Å². The van der Waals surface area contributed by atoms with Crippen LogP contribution in [0.4, 0.5) is 0 Å². The highest BCUT2D eigenvalue weighted by molar-refractivity contribution is 5.94. The van der Waals surface area contributed by atoms with Gasteiger partial charge in [-0.25, -0.2) is 0 Å². The molecule has 3 aromatic heterocycles. The van der Waals surface area contributed by atoms with Gasteiger partial charge in [0.15, 0.2) is 17.3 Å². The van der Waals surface area contributed by atoms with Crippen molar-refractivity contribution in [3.05, 3.63) is 89.9 Å². The van der Waals surface area contributed by atoms with Crippen LogP contribution in [0.2, 0.25) is 0 Å². The third-order valence-corrected chi connectivity index (χ3v) is 4.94. The molecule has 0 fully saturated rings. The molecule has 3 heterocycles. The van der Waals surface area contributed by atoms with Crippen LogP contribution in [0.25, 0.3) is 27.8 Å². The summed E-state index contributed by atoms with van der Waals surface area (Å²) >= 11 is 0. The minimum atomic E-state index is 0.0478. The van der Waals surface area contributed by atoms with E-state index in [9.17, 15) is 4.79 Å². The Morgan fingerprint density at radius 3 is 2.66 bits per heavy atom. The van der Waals surface area contributed by atoms with E-state index in [1.807, 2.05) is 48.5 Å². The van der Waals surface area contributed by atoms with E-state index in [1.54, 1.807) is 17.6 Å². The topological polar surface area (TPSA) is 73.0 Å². The van der Waals surface area contributed by atoms with Crippen LogP contribution in [-0.2, 0) is 6.42 Å². The van der Waals surface area contributed by atoms with Gasteiger partial charge < -0.3 is 0 Å². The molecular formula is C23H17N5O. The fraction of sp³-hybridized carbons (Fsp3) is 0.0870. The molecule has 0 amide bonds. The zero-order valence-corrected chi connectivity index (χ0v) is 15.8. The van der Waals surface area contributed by atoms with Gasteiger partial charge in [-0.1, -0.05) is 36.4 Å². The molecule has 6 heteroatoms. The van der Waals surface area contributed by atoms with Gasteiger partial charge in [0, 0.05) is 29.1 Å². The second-order valence-corrected chi connectivity index (χ2v) is 6.95. The lowest BCUT2D eigenvalue weighted by Crippen LogP contribution is -2.01. The van der Waals surface area contributed by atoms with Crippen molar-refractivity contribution in [3.63, 3.8) is 0 Å². The Morgan fingerprint density at radius 1 is 0.966 bits per heavy atom. The lowest BCUT2D eigenvalue weighted by molar-refractivity contribution is 0.101. The standard InChI is InChI=1S/C23H17N5O/c1-15(29)17-5-7-18(8-6-17)21-10-11-22-25-26-23(28(22)27-21)14-16-4-9-20-19(13-16)3-2-12-24-20/h2-13H,14H2,1H3. The van der Waals surface area contributed by atoms with Gasteiger partial charge >= 0.3 is 0 Å². The summed E-state index contributed by atoms with van der Waals surface area (Å²) < 4.78 is 1.78. The number of benzene rings is 2. The number of rotatable bonds is 4. The van der Waals surface area contributed by atoms with Crippen molar-refractivity contribution < 1.29 is 4.79 Å². The van der Waals surface area contributed by atoms with E-state index in [0.717, 1.165) is 33.5 Å². The maximum Gasteiger partial charge on any atom is 0.177 e. The average molecular weight is 379 g/mol. The number of hydrogen-bond donors (Lipinski definition) is 0. The van der Waals surface area contributed by atoms with Crippen molar-refractivity contribution in [2.24, 2.45) is 0 Å². The van der Waals surface area contributed by atoms with E-state index in [0.29, 0.717) is 17.6 Å². The van der Waals surface area contributed by atoms with E-state index < -0.39 is 0 Å². The highest BCUT2D eigenvalue weighted by Gasteiger charge is 2.10. The Hall–Kier alpha value is -3.93. The number of carbonyl (C=O) groups is 1. The minimum Gasteiger partial charge on any atom is -0.295 e. The Morgan fingerprint density at radius 2 is 1.83 bits per heavy atom. The Bertz CT molecular complexity index is 1360. The minimum absolute atomic E-state index is 0.0478. The van der Waals surface area contributed by atoms with Crippen LogP contribution in [0.1, 0.15) is 28.7 Å². The first-order chi connectivity index (χ1) is 14.2. The smallest absolute Gasteiger partial charge is 0.177 e. The van der Waals surface area contributed by atoms with Crippen LogP contribution >= 0.6 is 0 Å². The number of fused-ring (bicyclic) bond motifs is 2. The monoisotopic (exact) mass is 379 g/mol. The van der Waals surface area contributed by atoms with E-state index in [4.69, 9.17) is 5.10 Å². The van der Waals surface area contributed by atoms with Gasteiger partial charge in [-0.3, -0.25) is 9.78 Å². The molecule has 29 heavy (non-hydrogen) atoms. The molecule has 0 radical (unpaired) electrons. The summed E-state index contributed by atoms with van der Waals surface area (Å²) in [5, 5.41) is 14.4. The Balaban J connectivity index is 1.51. The molecule has 2 aromatic carbocycles. The van der Waals surface area contributed by atoms with Crippen LogP contribution < -0.4 is 0 Å². The van der Waals surface area contributed by atoms with Crippen molar-refractivity contribution in [1.29, 1.82) is 0 Å². The molecule has 140 valence electrons. The largest absolute Gasteiger partial charge is 0.295 e. The van der Waals surface area contributed by atoms with E-state index in [-0.39, 0.29) is 5.78 Å². The van der Waals surface area contributed by atoms with Gasteiger partial charge in [-0.2, -0.15) is 9.61 Å². The van der Waals surface area contributed by atoms with Crippen molar-refractivity contribution in [3.8, 4) is 11.3 Å². The molecular weight excluding hydrogens is 362 g/mol. The number of aromatic nitrogens is 5. The second-order valence-electron chi connectivity index (χ2n) is 6.95. The van der Waals surface area contributed by atoms with Crippen LogP contribution in [0.3, 0.4) is 0 Å². The summed E-state index contributed by atoms with van der Waals surface area (Å²) in [6, 6.07) is 21.5. The highest BCUT2D eigenvalue weighted by Crippen LogP contribution is 2.20. The molecule has 0 aliphatic carbocycles. The van der Waals surface area contributed by atoms with Gasteiger partial charge in [0.05, 0.1) is 11.2 Å². The molecule has 0 spiro atoms. The molecule has 6 nitrogen and oxygen atoms in total. The van der Waals surface area contributed by atoms with E-state index in [1.165, 1.54) is 0 Å². The first kappa shape index (κ1) is 17.2. The fourth-order valence-electron chi connectivity index (χ4n) is 3.39. The quantitative estimate of drug-likeness (QED) is 0.439. The SMILES string of the molecule is CC(=O)c1ccc(-c2ccc3nnc(Cc4ccc5ncccc5c4)n3n2)cc1.